The van der Waals surface area contributed by atoms with Crippen LogP contribution in [0, 0.1) is 0 Å². The first-order chi connectivity index (χ1) is 13.3. The molecule has 142 valence electrons. The highest BCUT2D eigenvalue weighted by atomic mass is 32.1. The third-order valence-corrected chi connectivity index (χ3v) is 5.37. The molecule has 28 heavy (non-hydrogen) atoms. The van der Waals surface area contributed by atoms with Crippen LogP contribution in [0.2, 0.25) is 0 Å². The fraction of sp³-hybridized carbons (Fsp3) is 0.200. The van der Waals surface area contributed by atoms with Gasteiger partial charge < -0.3 is 10.7 Å². The number of rotatable bonds is 3. The van der Waals surface area contributed by atoms with E-state index in [1.807, 2.05) is 41.8 Å². The maximum atomic E-state index is 12.7. The minimum absolute atomic E-state index is 0.00262. The average Bonchev–Trinajstić information content (AvgIpc) is 3.27. The number of hydrogen-bond donors (Lipinski definition) is 2. The van der Waals surface area contributed by atoms with Crippen LogP contribution in [0.5, 0.6) is 0 Å². The lowest BCUT2D eigenvalue weighted by Crippen LogP contribution is -2.16. The van der Waals surface area contributed by atoms with Crippen molar-refractivity contribution in [2.45, 2.75) is 26.2 Å². The Hall–Kier alpha value is -3.26. The number of primary amides is 1. The van der Waals surface area contributed by atoms with E-state index in [4.69, 9.17) is 5.73 Å². The molecule has 1 amide bonds. The van der Waals surface area contributed by atoms with E-state index >= 15 is 0 Å². The molecular weight excluding hydrogens is 374 g/mol. The first kappa shape index (κ1) is 18.1. The van der Waals surface area contributed by atoms with E-state index in [1.165, 1.54) is 15.9 Å². The minimum atomic E-state index is -0.721. The molecule has 3 N–H and O–H groups in total. The van der Waals surface area contributed by atoms with Gasteiger partial charge in [-0.3, -0.25) is 4.79 Å². The number of carbonyl (C=O) groups is 1. The van der Waals surface area contributed by atoms with Crippen molar-refractivity contribution in [3.8, 4) is 16.4 Å². The van der Waals surface area contributed by atoms with Gasteiger partial charge in [0.05, 0.1) is 10.6 Å². The van der Waals surface area contributed by atoms with Crippen molar-refractivity contribution in [1.29, 1.82) is 0 Å². The Kier molecular flexibility index (Phi) is 4.15. The van der Waals surface area contributed by atoms with Crippen molar-refractivity contribution in [2.75, 3.05) is 0 Å². The van der Waals surface area contributed by atoms with Crippen molar-refractivity contribution >= 4 is 28.4 Å². The second kappa shape index (κ2) is 6.42. The van der Waals surface area contributed by atoms with Gasteiger partial charge in [-0.2, -0.15) is 0 Å². The van der Waals surface area contributed by atoms with E-state index in [0.29, 0.717) is 17.2 Å². The quantitative estimate of drug-likeness (QED) is 0.557. The second-order valence-electron chi connectivity index (χ2n) is 7.50. The second-order valence-corrected chi connectivity index (χ2v) is 8.45. The first-order valence-electron chi connectivity index (χ1n) is 8.73. The summed E-state index contributed by atoms with van der Waals surface area (Å²) in [7, 11) is 0. The molecule has 0 atom stereocenters. The number of imidazole rings is 1. The summed E-state index contributed by atoms with van der Waals surface area (Å²) in [6.45, 7) is 6.37. The third kappa shape index (κ3) is 3.01. The highest BCUT2D eigenvalue weighted by Crippen LogP contribution is 2.26. The van der Waals surface area contributed by atoms with E-state index < -0.39 is 11.6 Å². The van der Waals surface area contributed by atoms with E-state index in [-0.39, 0.29) is 16.6 Å². The Balaban J connectivity index is 1.98. The molecule has 0 aliphatic carbocycles. The monoisotopic (exact) mass is 393 g/mol. The van der Waals surface area contributed by atoms with E-state index in [1.54, 1.807) is 0 Å². The molecule has 3 aromatic heterocycles. The molecule has 0 aliphatic rings. The number of aromatic nitrogens is 4. The SMILES string of the molecule is CC(C)(C)c1ccc(-n2c(=O)[nH]c3c(C(N)=O)nc(-c4cccs4)nc32)cc1. The molecule has 0 spiro atoms. The average molecular weight is 393 g/mol. The molecule has 0 fully saturated rings. The Bertz CT molecular complexity index is 1230. The Labute approximate surface area is 164 Å². The van der Waals surface area contributed by atoms with Crippen molar-refractivity contribution in [2.24, 2.45) is 5.73 Å². The Morgan fingerprint density at radius 2 is 1.86 bits per heavy atom. The number of H-pyrrole nitrogens is 1. The number of aromatic amines is 1. The molecule has 8 heteroatoms. The molecule has 0 saturated heterocycles. The van der Waals surface area contributed by atoms with Crippen molar-refractivity contribution in [1.82, 2.24) is 19.5 Å². The molecule has 4 aromatic rings. The van der Waals surface area contributed by atoms with Crippen molar-refractivity contribution in [3.63, 3.8) is 0 Å². The van der Waals surface area contributed by atoms with Crippen molar-refractivity contribution in [3.05, 3.63) is 63.5 Å². The fourth-order valence-corrected chi connectivity index (χ4v) is 3.69. The number of nitrogens with one attached hydrogen (secondary N) is 1. The van der Waals surface area contributed by atoms with Crippen LogP contribution in [0.25, 0.3) is 27.6 Å². The maximum absolute atomic E-state index is 12.7. The van der Waals surface area contributed by atoms with Crippen LogP contribution in [0.1, 0.15) is 36.8 Å². The highest BCUT2D eigenvalue weighted by Gasteiger charge is 2.21. The van der Waals surface area contributed by atoms with Crippen LogP contribution in [-0.4, -0.2) is 25.4 Å². The lowest BCUT2D eigenvalue weighted by atomic mass is 9.87. The van der Waals surface area contributed by atoms with Crippen LogP contribution >= 0.6 is 11.3 Å². The number of thiophene rings is 1. The molecule has 7 nitrogen and oxygen atoms in total. The minimum Gasteiger partial charge on any atom is -0.364 e. The molecule has 3 heterocycles. The maximum Gasteiger partial charge on any atom is 0.332 e. The molecule has 4 rings (SSSR count). The summed E-state index contributed by atoms with van der Waals surface area (Å²) in [6, 6.07) is 11.4. The summed E-state index contributed by atoms with van der Waals surface area (Å²) in [5.74, 6) is -0.364. The largest absolute Gasteiger partial charge is 0.364 e. The zero-order valence-electron chi connectivity index (χ0n) is 15.7. The van der Waals surface area contributed by atoms with Gasteiger partial charge >= 0.3 is 5.69 Å². The van der Waals surface area contributed by atoms with Gasteiger partial charge in [-0.15, -0.1) is 11.3 Å². The number of amides is 1. The van der Waals surface area contributed by atoms with Crippen LogP contribution in [0.15, 0.2) is 46.6 Å². The van der Waals surface area contributed by atoms with Gasteiger partial charge in [0.2, 0.25) is 0 Å². The summed E-state index contributed by atoms with van der Waals surface area (Å²) < 4.78 is 1.44. The number of carbonyl (C=O) groups excluding carboxylic acids is 1. The van der Waals surface area contributed by atoms with Crippen LogP contribution < -0.4 is 11.4 Å². The van der Waals surface area contributed by atoms with E-state index in [9.17, 15) is 9.59 Å². The van der Waals surface area contributed by atoms with Crippen LogP contribution in [-0.2, 0) is 5.41 Å². The topological polar surface area (TPSA) is 107 Å². The molecule has 0 unspecified atom stereocenters. The predicted octanol–water partition coefficient (Wildman–Crippen LogP) is 3.23. The zero-order valence-corrected chi connectivity index (χ0v) is 16.5. The molecule has 1 aromatic carbocycles. The molecule has 0 saturated carbocycles. The number of nitrogens with two attached hydrogens (primary N) is 1. The summed E-state index contributed by atoms with van der Waals surface area (Å²) in [5, 5.41) is 1.89. The van der Waals surface area contributed by atoms with Gasteiger partial charge in [-0.05, 0) is 34.6 Å². The van der Waals surface area contributed by atoms with E-state index in [0.717, 1.165) is 10.4 Å². The number of fused-ring (bicyclic) bond motifs is 1. The number of nitrogens with zero attached hydrogens (tertiary/aromatic N) is 3. The smallest absolute Gasteiger partial charge is 0.332 e. The Morgan fingerprint density at radius 1 is 1.14 bits per heavy atom. The summed E-state index contributed by atoms with van der Waals surface area (Å²) >= 11 is 1.44. The van der Waals surface area contributed by atoms with Gasteiger partial charge in [0.1, 0.15) is 5.52 Å². The number of benzene rings is 1. The predicted molar refractivity (Wildman–Crippen MR) is 110 cm³/mol. The summed E-state index contributed by atoms with van der Waals surface area (Å²) in [4.78, 5) is 36.9. The van der Waals surface area contributed by atoms with Crippen LogP contribution in [0.4, 0.5) is 0 Å². The van der Waals surface area contributed by atoms with Gasteiger partial charge in [0.25, 0.3) is 5.91 Å². The number of hydrogen-bond acceptors (Lipinski definition) is 5. The van der Waals surface area contributed by atoms with Gasteiger partial charge in [0, 0.05) is 0 Å². The summed E-state index contributed by atoms with van der Waals surface area (Å²) in [6.07, 6.45) is 0. The van der Waals surface area contributed by atoms with E-state index in [2.05, 4.69) is 35.7 Å². The molecule has 0 aliphatic heterocycles. The Morgan fingerprint density at radius 3 is 2.43 bits per heavy atom. The molecular formula is C20H19N5O2S. The van der Waals surface area contributed by atoms with Crippen molar-refractivity contribution < 1.29 is 4.79 Å². The fourth-order valence-electron chi connectivity index (χ4n) is 3.03. The molecule has 0 radical (unpaired) electrons. The van der Waals surface area contributed by atoms with Gasteiger partial charge in [-0.1, -0.05) is 39.0 Å². The lowest BCUT2D eigenvalue weighted by molar-refractivity contribution is 0.0997. The third-order valence-electron chi connectivity index (χ3n) is 4.50. The zero-order chi connectivity index (χ0) is 20.1. The lowest BCUT2D eigenvalue weighted by Gasteiger charge is -2.19. The standard InChI is InChI=1S/C20H19N5O2S/c1-20(2,3)11-6-8-12(9-7-11)25-18-15(23-19(25)27)14(16(21)26)22-17(24-18)13-5-4-10-28-13/h4-10H,1-3H3,(H2,21,26)(H,23,27). The summed E-state index contributed by atoms with van der Waals surface area (Å²) in [5.41, 5.74) is 7.45. The van der Waals surface area contributed by atoms with Gasteiger partial charge in [-0.25, -0.2) is 19.3 Å². The normalized spacial score (nSPS) is 11.8. The first-order valence-corrected chi connectivity index (χ1v) is 9.61. The van der Waals surface area contributed by atoms with Gasteiger partial charge in [0.15, 0.2) is 17.2 Å². The molecule has 0 bridgehead atoms. The van der Waals surface area contributed by atoms with Crippen LogP contribution in [0.3, 0.4) is 0 Å². The highest BCUT2D eigenvalue weighted by molar-refractivity contribution is 7.13.